The minimum atomic E-state index is -0.966. The molecule has 0 spiro atoms. The SMILES string of the molecule is COc1cc(CO)ccc1OCCC(C)(O)CC(C)O. The summed E-state index contributed by atoms with van der Waals surface area (Å²) in [6, 6.07) is 5.20. The third-order valence-electron chi connectivity index (χ3n) is 3.04. The molecule has 1 aromatic rings. The first-order valence-electron chi connectivity index (χ1n) is 6.69. The van der Waals surface area contributed by atoms with Crippen LogP contribution >= 0.6 is 0 Å². The average Bonchev–Trinajstić information content (AvgIpc) is 2.37. The number of hydrogen-bond donors (Lipinski definition) is 3. The lowest BCUT2D eigenvalue weighted by atomic mass is 9.96. The maximum atomic E-state index is 10.1. The summed E-state index contributed by atoms with van der Waals surface area (Å²) >= 11 is 0. The van der Waals surface area contributed by atoms with Gasteiger partial charge in [0.25, 0.3) is 0 Å². The van der Waals surface area contributed by atoms with Gasteiger partial charge in [-0.15, -0.1) is 0 Å². The van der Waals surface area contributed by atoms with Crippen molar-refractivity contribution in [3.8, 4) is 11.5 Å². The summed E-state index contributed by atoms with van der Waals surface area (Å²) in [5.41, 5.74) is -0.220. The van der Waals surface area contributed by atoms with E-state index in [9.17, 15) is 10.2 Å². The van der Waals surface area contributed by atoms with Crippen LogP contribution in [-0.2, 0) is 6.61 Å². The third-order valence-corrected chi connectivity index (χ3v) is 3.04. The van der Waals surface area contributed by atoms with Crippen LogP contribution in [0.2, 0.25) is 0 Å². The summed E-state index contributed by atoms with van der Waals surface area (Å²) in [6.45, 7) is 3.58. The van der Waals surface area contributed by atoms with Gasteiger partial charge in [0, 0.05) is 12.8 Å². The van der Waals surface area contributed by atoms with Crippen LogP contribution in [0, 0.1) is 0 Å². The van der Waals surface area contributed by atoms with E-state index in [-0.39, 0.29) is 6.61 Å². The Labute approximate surface area is 119 Å². The maximum Gasteiger partial charge on any atom is 0.161 e. The monoisotopic (exact) mass is 284 g/mol. The topological polar surface area (TPSA) is 79.2 Å². The normalized spacial score (nSPS) is 15.5. The smallest absolute Gasteiger partial charge is 0.161 e. The van der Waals surface area contributed by atoms with Crippen LogP contribution in [-0.4, -0.2) is 40.7 Å². The second-order valence-electron chi connectivity index (χ2n) is 5.29. The van der Waals surface area contributed by atoms with Gasteiger partial charge in [-0.1, -0.05) is 6.07 Å². The fraction of sp³-hybridized carbons (Fsp3) is 0.600. The van der Waals surface area contributed by atoms with Crippen LogP contribution in [0.15, 0.2) is 18.2 Å². The Balaban J connectivity index is 2.57. The van der Waals surface area contributed by atoms with E-state index >= 15 is 0 Å². The maximum absolute atomic E-state index is 10.1. The molecule has 0 radical (unpaired) electrons. The van der Waals surface area contributed by atoms with E-state index in [2.05, 4.69) is 0 Å². The molecule has 0 amide bonds. The number of methoxy groups -OCH3 is 1. The van der Waals surface area contributed by atoms with E-state index in [4.69, 9.17) is 14.6 Å². The number of aliphatic hydroxyl groups excluding tert-OH is 2. The molecule has 5 nitrogen and oxygen atoms in total. The van der Waals surface area contributed by atoms with Crippen molar-refractivity contribution in [3.05, 3.63) is 23.8 Å². The molecule has 0 aromatic heterocycles. The van der Waals surface area contributed by atoms with Crippen molar-refractivity contribution in [2.45, 2.75) is 45.0 Å². The Morgan fingerprint density at radius 1 is 1.30 bits per heavy atom. The Morgan fingerprint density at radius 2 is 2.00 bits per heavy atom. The van der Waals surface area contributed by atoms with Crippen LogP contribution < -0.4 is 9.47 Å². The molecule has 5 heteroatoms. The van der Waals surface area contributed by atoms with E-state index in [1.54, 1.807) is 32.0 Å². The lowest BCUT2D eigenvalue weighted by Crippen LogP contribution is -2.30. The highest BCUT2D eigenvalue weighted by atomic mass is 16.5. The molecule has 0 aliphatic carbocycles. The minimum absolute atomic E-state index is 0.0558. The van der Waals surface area contributed by atoms with Gasteiger partial charge in [-0.25, -0.2) is 0 Å². The second-order valence-corrected chi connectivity index (χ2v) is 5.29. The highest BCUT2D eigenvalue weighted by Gasteiger charge is 2.22. The van der Waals surface area contributed by atoms with Gasteiger partial charge in [-0.2, -0.15) is 0 Å². The van der Waals surface area contributed by atoms with E-state index in [1.165, 1.54) is 7.11 Å². The van der Waals surface area contributed by atoms with Crippen molar-refractivity contribution in [1.82, 2.24) is 0 Å². The molecule has 2 atom stereocenters. The third kappa shape index (κ3) is 5.36. The zero-order valence-electron chi connectivity index (χ0n) is 12.3. The van der Waals surface area contributed by atoms with Crippen molar-refractivity contribution in [2.24, 2.45) is 0 Å². The zero-order valence-corrected chi connectivity index (χ0v) is 12.3. The van der Waals surface area contributed by atoms with Crippen LogP contribution in [0.25, 0.3) is 0 Å². The van der Waals surface area contributed by atoms with Gasteiger partial charge in [0.1, 0.15) is 0 Å². The number of rotatable bonds is 8. The highest BCUT2D eigenvalue weighted by Crippen LogP contribution is 2.29. The van der Waals surface area contributed by atoms with Crippen molar-refractivity contribution < 1.29 is 24.8 Å². The summed E-state index contributed by atoms with van der Waals surface area (Å²) in [5.74, 6) is 1.12. The standard InChI is InChI=1S/C15H24O5/c1-11(17)9-15(2,18)6-7-20-13-5-4-12(10-16)8-14(13)19-3/h4-5,8,11,16-18H,6-7,9-10H2,1-3H3. The van der Waals surface area contributed by atoms with Crippen molar-refractivity contribution in [1.29, 1.82) is 0 Å². The quantitative estimate of drug-likeness (QED) is 0.674. The van der Waals surface area contributed by atoms with Crippen LogP contribution in [0.1, 0.15) is 32.3 Å². The molecule has 0 aliphatic rings. The van der Waals surface area contributed by atoms with Gasteiger partial charge in [0.2, 0.25) is 0 Å². The molecule has 0 saturated heterocycles. The molecule has 0 saturated carbocycles. The zero-order chi connectivity index (χ0) is 15.2. The molecule has 0 bridgehead atoms. The summed E-state index contributed by atoms with van der Waals surface area (Å²) in [5, 5.41) is 28.4. The number of hydrogen-bond acceptors (Lipinski definition) is 5. The molecule has 114 valence electrons. The summed E-state index contributed by atoms with van der Waals surface area (Å²) in [7, 11) is 1.53. The van der Waals surface area contributed by atoms with Gasteiger partial charge in [-0.3, -0.25) is 0 Å². The van der Waals surface area contributed by atoms with E-state index in [0.717, 1.165) is 5.56 Å². The Morgan fingerprint density at radius 3 is 2.55 bits per heavy atom. The lowest BCUT2D eigenvalue weighted by molar-refractivity contribution is -0.00617. The lowest BCUT2D eigenvalue weighted by Gasteiger charge is -2.24. The first-order chi connectivity index (χ1) is 9.38. The van der Waals surface area contributed by atoms with Gasteiger partial charge >= 0.3 is 0 Å². The molecular weight excluding hydrogens is 260 g/mol. The molecule has 1 aromatic carbocycles. The largest absolute Gasteiger partial charge is 0.493 e. The minimum Gasteiger partial charge on any atom is -0.493 e. The van der Waals surface area contributed by atoms with Crippen LogP contribution in [0.3, 0.4) is 0 Å². The summed E-state index contributed by atoms with van der Waals surface area (Å²) in [6.07, 6.45) is 0.156. The van der Waals surface area contributed by atoms with Gasteiger partial charge < -0.3 is 24.8 Å². The Bertz CT molecular complexity index is 415. The first kappa shape index (κ1) is 16.8. The Hall–Kier alpha value is -1.30. The number of ether oxygens (including phenoxy) is 2. The number of aliphatic hydroxyl groups is 3. The first-order valence-corrected chi connectivity index (χ1v) is 6.69. The molecule has 2 unspecified atom stereocenters. The molecule has 1 rings (SSSR count). The highest BCUT2D eigenvalue weighted by molar-refractivity contribution is 5.42. The fourth-order valence-electron chi connectivity index (χ4n) is 2.05. The fourth-order valence-corrected chi connectivity index (χ4v) is 2.05. The molecule has 0 aliphatic heterocycles. The van der Waals surface area contributed by atoms with Crippen LogP contribution in [0.5, 0.6) is 11.5 Å². The van der Waals surface area contributed by atoms with E-state index in [1.807, 2.05) is 0 Å². The molecular formula is C15H24O5. The number of benzene rings is 1. The van der Waals surface area contributed by atoms with Gasteiger partial charge in [0.05, 0.1) is 32.0 Å². The summed E-state index contributed by atoms with van der Waals surface area (Å²) in [4.78, 5) is 0. The molecule has 20 heavy (non-hydrogen) atoms. The van der Waals surface area contributed by atoms with Gasteiger partial charge in [-0.05, 0) is 31.5 Å². The van der Waals surface area contributed by atoms with Crippen molar-refractivity contribution in [3.63, 3.8) is 0 Å². The predicted molar refractivity (Wildman–Crippen MR) is 76.0 cm³/mol. The molecule has 3 N–H and O–H groups in total. The second kappa shape index (κ2) is 7.47. The molecule has 0 fully saturated rings. The van der Waals surface area contributed by atoms with E-state index in [0.29, 0.717) is 30.9 Å². The van der Waals surface area contributed by atoms with Gasteiger partial charge in [0.15, 0.2) is 11.5 Å². The van der Waals surface area contributed by atoms with E-state index < -0.39 is 11.7 Å². The summed E-state index contributed by atoms with van der Waals surface area (Å²) < 4.78 is 10.8. The van der Waals surface area contributed by atoms with Crippen LogP contribution in [0.4, 0.5) is 0 Å². The molecule has 0 heterocycles. The van der Waals surface area contributed by atoms with Crippen molar-refractivity contribution in [2.75, 3.05) is 13.7 Å². The average molecular weight is 284 g/mol. The van der Waals surface area contributed by atoms with Crippen molar-refractivity contribution >= 4 is 0 Å². The Kier molecular flexibility index (Phi) is 6.26. The predicted octanol–water partition coefficient (Wildman–Crippen LogP) is 1.48.